The van der Waals surface area contributed by atoms with Gasteiger partial charge in [0.15, 0.2) is 0 Å². The molecule has 0 fully saturated rings. The maximum Gasteiger partial charge on any atom is 0.227 e. The van der Waals surface area contributed by atoms with E-state index in [9.17, 15) is 9.59 Å². The summed E-state index contributed by atoms with van der Waals surface area (Å²) in [5.74, 6) is -0.683. The number of imide groups is 1. The van der Waals surface area contributed by atoms with E-state index in [0.29, 0.717) is 0 Å². The van der Waals surface area contributed by atoms with Gasteiger partial charge in [-0.05, 0) is 0 Å². The van der Waals surface area contributed by atoms with Crippen LogP contribution in [0.15, 0.2) is 0 Å². The van der Waals surface area contributed by atoms with Gasteiger partial charge < -0.3 is 11.5 Å². The van der Waals surface area contributed by atoms with E-state index in [-0.39, 0.29) is 37.7 Å². The molecule has 0 aromatic carbocycles. The van der Waals surface area contributed by atoms with Crippen molar-refractivity contribution in [1.82, 2.24) is 5.32 Å². The van der Waals surface area contributed by atoms with Gasteiger partial charge in [0.2, 0.25) is 11.8 Å². The highest BCUT2D eigenvalue weighted by molar-refractivity contribution is 5.95. The molecular formula is C6H13N3O2. The average molecular weight is 159 g/mol. The maximum atomic E-state index is 10.7. The Morgan fingerprint density at radius 2 is 1.36 bits per heavy atom. The Hall–Kier alpha value is -0.940. The van der Waals surface area contributed by atoms with E-state index in [4.69, 9.17) is 11.5 Å². The molecule has 0 saturated heterocycles. The van der Waals surface area contributed by atoms with Crippen molar-refractivity contribution in [2.75, 3.05) is 13.1 Å². The van der Waals surface area contributed by atoms with Crippen molar-refractivity contribution in [1.29, 1.82) is 0 Å². The monoisotopic (exact) mass is 159 g/mol. The van der Waals surface area contributed by atoms with Gasteiger partial charge in [-0.2, -0.15) is 0 Å². The highest BCUT2D eigenvalue weighted by Gasteiger charge is 2.04. The van der Waals surface area contributed by atoms with Crippen LogP contribution in [0.5, 0.6) is 0 Å². The van der Waals surface area contributed by atoms with Gasteiger partial charge in [-0.1, -0.05) is 0 Å². The number of hydrogen-bond donors (Lipinski definition) is 3. The van der Waals surface area contributed by atoms with E-state index in [0.717, 1.165) is 0 Å². The highest BCUT2D eigenvalue weighted by atomic mass is 16.2. The van der Waals surface area contributed by atoms with Crippen LogP contribution in [-0.4, -0.2) is 24.9 Å². The summed E-state index contributed by atoms with van der Waals surface area (Å²) in [4.78, 5) is 21.4. The van der Waals surface area contributed by atoms with Gasteiger partial charge >= 0.3 is 0 Å². The highest BCUT2D eigenvalue weighted by Crippen LogP contribution is 1.78. The predicted octanol–water partition coefficient (Wildman–Crippen LogP) is -1.67. The zero-order valence-corrected chi connectivity index (χ0v) is 6.30. The first-order valence-corrected chi connectivity index (χ1v) is 3.43. The Labute approximate surface area is 65.1 Å². The lowest BCUT2D eigenvalue weighted by atomic mass is 10.3. The molecular weight excluding hydrogens is 146 g/mol. The minimum absolute atomic E-state index is 0.177. The average Bonchev–Trinajstić information content (AvgIpc) is 1.87. The summed E-state index contributed by atoms with van der Waals surface area (Å²) >= 11 is 0. The SMILES string of the molecule is NCCC(=O)NC(=O)CCN. The number of hydrogen-bond acceptors (Lipinski definition) is 4. The van der Waals surface area contributed by atoms with Gasteiger partial charge in [0, 0.05) is 25.9 Å². The first kappa shape index (κ1) is 10.1. The van der Waals surface area contributed by atoms with Crippen LogP contribution in [0.4, 0.5) is 0 Å². The van der Waals surface area contributed by atoms with Crippen molar-refractivity contribution >= 4 is 11.8 Å². The summed E-state index contributed by atoms with van der Waals surface area (Å²) in [6, 6.07) is 0. The molecule has 0 heterocycles. The standard InChI is InChI=1S/C6H13N3O2/c7-3-1-5(10)9-6(11)2-4-8/h1-4,7-8H2,(H,9,10,11). The van der Waals surface area contributed by atoms with Gasteiger partial charge in [0.05, 0.1) is 0 Å². The molecule has 0 aromatic rings. The topological polar surface area (TPSA) is 98.2 Å². The van der Waals surface area contributed by atoms with Crippen molar-refractivity contribution in [2.24, 2.45) is 11.5 Å². The van der Waals surface area contributed by atoms with Gasteiger partial charge in [-0.15, -0.1) is 0 Å². The molecule has 5 heteroatoms. The van der Waals surface area contributed by atoms with Gasteiger partial charge in [0.1, 0.15) is 0 Å². The van der Waals surface area contributed by atoms with Gasteiger partial charge in [0.25, 0.3) is 0 Å². The molecule has 0 aliphatic carbocycles. The third kappa shape index (κ3) is 5.50. The second-order valence-electron chi connectivity index (χ2n) is 2.05. The Kier molecular flexibility index (Phi) is 5.32. The lowest BCUT2D eigenvalue weighted by Gasteiger charge is -2.00. The molecule has 5 N–H and O–H groups in total. The Bertz CT molecular complexity index is 131. The number of rotatable bonds is 4. The van der Waals surface area contributed by atoms with E-state index in [1.165, 1.54) is 0 Å². The molecule has 0 aliphatic heterocycles. The Morgan fingerprint density at radius 3 is 1.64 bits per heavy atom. The van der Waals surface area contributed by atoms with Crippen LogP contribution in [0.3, 0.4) is 0 Å². The van der Waals surface area contributed by atoms with Crippen LogP contribution in [0.2, 0.25) is 0 Å². The molecule has 11 heavy (non-hydrogen) atoms. The summed E-state index contributed by atoms with van der Waals surface area (Å²) in [6.07, 6.45) is 0.354. The number of nitrogens with one attached hydrogen (secondary N) is 1. The predicted molar refractivity (Wildman–Crippen MR) is 40.5 cm³/mol. The van der Waals surface area contributed by atoms with E-state index >= 15 is 0 Å². The fraction of sp³-hybridized carbons (Fsp3) is 0.667. The van der Waals surface area contributed by atoms with Crippen LogP contribution in [0.1, 0.15) is 12.8 Å². The number of carbonyl (C=O) groups excluding carboxylic acids is 2. The molecule has 5 nitrogen and oxygen atoms in total. The van der Waals surface area contributed by atoms with E-state index < -0.39 is 0 Å². The number of nitrogens with two attached hydrogens (primary N) is 2. The second-order valence-corrected chi connectivity index (χ2v) is 2.05. The molecule has 2 amide bonds. The van der Waals surface area contributed by atoms with E-state index in [1.54, 1.807) is 0 Å². The van der Waals surface area contributed by atoms with Gasteiger partial charge in [-0.3, -0.25) is 14.9 Å². The first-order valence-electron chi connectivity index (χ1n) is 3.43. The fourth-order valence-electron chi connectivity index (χ4n) is 0.543. The largest absolute Gasteiger partial charge is 0.330 e. The summed E-state index contributed by atoms with van der Waals surface area (Å²) < 4.78 is 0. The molecule has 0 unspecified atom stereocenters. The minimum atomic E-state index is -0.342. The van der Waals surface area contributed by atoms with Crippen LogP contribution in [-0.2, 0) is 9.59 Å². The molecule has 0 aromatic heterocycles. The fourth-order valence-corrected chi connectivity index (χ4v) is 0.543. The molecule has 0 aliphatic rings. The van der Waals surface area contributed by atoms with Crippen molar-refractivity contribution in [3.8, 4) is 0 Å². The van der Waals surface area contributed by atoms with E-state index in [1.807, 2.05) is 0 Å². The summed E-state index contributed by atoms with van der Waals surface area (Å²) in [5, 5.41) is 2.14. The van der Waals surface area contributed by atoms with Crippen LogP contribution in [0, 0.1) is 0 Å². The second kappa shape index (κ2) is 5.82. The van der Waals surface area contributed by atoms with Crippen molar-refractivity contribution in [2.45, 2.75) is 12.8 Å². The van der Waals surface area contributed by atoms with Gasteiger partial charge in [-0.25, -0.2) is 0 Å². The summed E-state index contributed by atoms with van der Waals surface area (Å²) in [7, 11) is 0. The number of carbonyl (C=O) groups is 2. The Morgan fingerprint density at radius 1 is 1.00 bits per heavy atom. The molecule has 0 atom stereocenters. The zero-order valence-electron chi connectivity index (χ0n) is 6.30. The molecule has 0 spiro atoms. The molecule has 0 rings (SSSR count). The first-order chi connectivity index (χ1) is 5.20. The zero-order chi connectivity index (χ0) is 8.69. The normalized spacial score (nSPS) is 9.27. The van der Waals surface area contributed by atoms with Crippen LogP contribution in [0.25, 0.3) is 0 Å². The minimum Gasteiger partial charge on any atom is -0.330 e. The summed E-state index contributed by atoms with van der Waals surface area (Å²) in [5.41, 5.74) is 10.2. The maximum absolute atomic E-state index is 10.7. The quantitative estimate of drug-likeness (QED) is 0.456. The molecule has 64 valence electrons. The van der Waals surface area contributed by atoms with Crippen molar-refractivity contribution < 1.29 is 9.59 Å². The van der Waals surface area contributed by atoms with Crippen molar-refractivity contribution in [3.63, 3.8) is 0 Å². The van der Waals surface area contributed by atoms with Crippen LogP contribution < -0.4 is 16.8 Å². The Balaban J connectivity index is 3.49. The van der Waals surface area contributed by atoms with E-state index in [2.05, 4.69) is 5.32 Å². The molecule has 0 saturated carbocycles. The lowest BCUT2D eigenvalue weighted by molar-refractivity contribution is -0.130. The third-order valence-corrected chi connectivity index (χ3v) is 1.02. The third-order valence-electron chi connectivity index (χ3n) is 1.02. The molecule has 0 bridgehead atoms. The number of amides is 2. The smallest absolute Gasteiger partial charge is 0.227 e. The summed E-state index contributed by atoms with van der Waals surface area (Å²) in [6.45, 7) is 0.503. The molecule has 0 radical (unpaired) electrons. The van der Waals surface area contributed by atoms with Crippen LogP contribution >= 0.6 is 0 Å². The lowest BCUT2D eigenvalue weighted by Crippen LogP contribution is -2.32. The van der Waals surface area contributed by atoms with Crippen molar-refractivity contribution in [3.05, 3.63) is 0 Å².